The van der Waals surface area contributed by atoms with Crippen molar-refractivity contribution in [2.45, 2.75) is 84.2 Å². The molecule has 0 spiro atoms. The number of esters is 1. The summed E-state index contributed by atoms with van der Waals surface area (Å²) in [4.78, 5) is 11.9. The van der Waals surface area contributed by atoms with E-state index in [-0.39, 0.29) is 5.97 Å². The van der Waals surface area contributed by atoms with Gasteiger partial charge in [-0.1, -0.05) is 74.0 Å². The Hall–Kier alpha value is -0.350. The van der Waals surface area contributed by atoms with E-state index in [0.29, 0.717) is 19.6 Å². The van der Waals surface area contributed by atoms with E-state index in [0.717, 1.165) is 24.6 Å². The molecule has 0 aromatic heterocycles. The van der Waals surface area contributed by atoms with E-state index >= 15 is 0 Å². The number of hydrogen-bond donors (Lipinski definition) is 0. The largest absolute Gasteiger partial charge is 0.464 e. The summed E-state index contributed by atoms with van der Waals surface area (Å²) in [7, 11) is 0. The summed E-state index contributed by atoms with van der Waals surface area (Å²) in [6.45, 7) is 5.17. The molecule has 136 valence electrons. The number of allylic oxidation sites excluding steroid dienone is 1. The van der Waals surface area contributed by atoms with Gasteiger partial charge in [0.1, 0.15) is 0 Å². The molecular weight excluding hydrogens is 356 g/mol. The van der Waals surface area contributed by atoms with E-state index in [9.17, 15) is 4.79 Å². The van der Waals surface area contributed by atoms with E-state index in [4.69, 9.17) is 9.47 Å². The van der Waals surface area contributed by atoms with Crippen molar-refractivity contribution in [2.75, 3.05) is 18.5 Å². The summed E-state index contributed by atoms with van der Waals surface area (Å²) < 4.78 is 10.9. The minimum absolute atomic E-state index is 0.218. The molecule has 1 atom stereocenters. The number of carbonyl (C=O) groups excluding carboxylic acids is 1. The van der Waals surface area contributed by atoms with Crippen molar-refractivity contribution in [2.24, 2.45) is 0 Å². The quantitative estimate of drug-likeness (QED) is 0.144. The number of rotatable bonds is 16. The van der Waals surface area contributed by atoms with Crippen molar-refractivity contribution in [1.82, 2.24) is 0 Å². The van der Waals surface area contributed by atoms with Crippen LogP contribution in [0.3, 0.4) is 0 Å². The summed E-state index contributed by atoms with van der Waals surface area (Å²) in [5, 5.41) is 1.05. The van der Waals surface area contributed by atoms with Gasteiger partial charge in [-0.3, -0.25) is 0 Å². The average Bonchev–Trinajstić information content (AvgIpc) is 2.56. The normalized spacial score (nSPS) is 12.7. The van der Waals surface area contributed by atoms with Crippen LogP contribution in [-0.4, -0.2) is 30.6 Å². The van der Waals surface area contributed by atoms with Crippen LogP contribution in [0, 0.1) is 0 Å². The van der Waals surface area contributed by atoms with Gasteiger partial charge in [0.05, 0.1) is 13.2 Å². The van der Waals surface area contributed by atoms with Gasteiger partial charge >= 0.3 is 5.97 Å². The Labute approximate surface area is 151 Å². The van der Waals surface area contributed by atoms with Crippen LogP contribution >= 0.6 is 15.9 Å². The molecule has 0 saturated heterocycles. The van der Waals surface area contributed by atoms with Gasteiger partial charge in [0, 0.05) is 5.33 Å². The fourth-order valence-corrected chi connectivity index (χ4v) is 2.61. The fraction of sp³-hybridized carbons (Fsp3) is 0.842. The van der Waals surface area contributed by atoms with Gasteiger partial charge in [-0.05, 0) is 32.1 Å². The Morgan fingerprint density at radius 1 is 1.00 bits per heavy atom. The van der Waals surface area contributed by atoms with Crippen LogP contribution in [0.4, 0.5) is 0 Å². The molecule has 0 N–H and O–H groups in total. The third kappa shape index (κ3) is 14.9. The molecule has 0 aromatic rings. The van der Waals surface area contributed by atoms with Gasteiger partial charge in [-0.25, -0.2) is 4.79 Å². The number of hydrogen-bond acceptors (Lipinski definition) is 3. The summed E-state index contributed by atoms with van der Waals surface area (Å²) in [5.74, 6) is -0.218. The predicted octanol–water partition coefficient (Wildman–Crippen LogP) is 5.81. The topological polar surface area (TPSA) is 35.5 Å². The molecule has 0 heterocycles. The number of unbranched alkanes of at least 4 members (excludes halogenated alkanes) is 7. The lowest BCUT2D eigenvalue weighted by Crippen LogP contribution is -2.26. The van der Waals surface area contributed by atoms with E-state index < -0.39 is 6.10 Å². The highest BCUT2D eigenvalue weighted by molar-refractivity contribution is 9.09. The highest BCUT2D eigenvalue weighted by Gasteiger charge is 2.17. The predicted molar refractivity (Wildman–Crippen MR) is 101 cm³/mol. The lowest BCUT2D eigenvalue weighted by Gasteiger charge is -2.14. The van der Waals surface area contributed by atoms with Crippen LogP contribution < -0.4 is 0 Å². The lowest BCUT2D eigenvalue weighted by molar-refractivity contribution is -0.156. The number of halogens is 1. The lowest BCUT2D eigenvalue weighted by atomic mass is 10.1. The molecule has 0 rings (SSSR count). The van der Waals surface area contributed by atoms with Crippen LogP contribution in [0.2, 0.25) is 0 Å². The van der Waals surface area contributed by atoms with E-state index in [1.165, 1.54) is 38.5 Å². The second kappa shape index (κ2) is 18.0. The van der Waals surface area contributed by atoms with Crippen LogP contribution in [-0.2, 0) is 14.3 Å². The second-order valence-electron chi connectivity index (χ2n) is 5.82. The molecule has 0 radical (unpaired) electrons. The van der Waals surface area contributed by atoms with Crippen molar-refractivity contribution in [3.63, 3.8) is 0 Å². The molecule has 23 heavy (non-hydrogen) atoms. The minimum atomic E-state index is -0.428. The highest BCUT2D eigenvalue weighted by atomic mass is 79.9. The first-order chi connectivity index (χ1) is 11.3. The average molecular weight is 391 g/mol. The van der Waals surface area contributed by atoms with Crippen LogP contribution in [0.25, 0.3) is 0 Å². The van der Waals surface area contributed by atoms with Crippen LogP contribution in [0.5, 0.6) is 0 Å². The van der Waals surface area contributed by atoms with Crippen LogP contribution in [0.1, 0.15) is 78.1 Å². The summed E-state index contributed by atoms with van der Waals surface area (Å²) in [6, 6.07) is 0. The standard InChI is InChI=1S/C19H35BrO3/c1-3-5-6-7-8-10-13-16-22-18(4-2)19(21)23-17-14-11-9-12-15-20/h10,13,18H,3-9,11-12,14-17H2,1-2H3/b13-10-. The van der Waals surface area contributed by atoms with Crippen molar-refractivity contribution in [3.05, 3.63) is 12.2 Å². The molecule has 0 aliphatic rings. The molecular formula is C19H35BrO3. The number of carbonyl (C=O) groups is 1. The molecule has 3 nitrogen and oxygen atoms in total. The SMILES string of the molecule is CCCCCC/C=C\COC(CC)C(=O)OCCCCCCBr. The van der Waals surface area contributed by atoms with E-state index in [2.05, 4.69) is 28.9 Å². The zero-order valence-electron chi connectivity index (χ0n) is 15.0. The summed E-state index contributed by atoms with van der Waals surface area (Å²) in [5.41, 5.74) is 0. The van der Waals surface area contributed by atoms with Crippen molar-refractivity contribution in [1.29, 1.82) is 0 Å². The van der Waals surface area contributed by atoms with Crippen molar-refractivity contribution >= 4 is 21.9 Å². The fourth-order valence-electron chi connectivity index (χ4n) is 2.21. The van der Waals surface area contributed by atoms with Gasteiger partial charge in [0.2, 0.25) is 0 Å². The van der Waals surface area contributed by atoms with Gasteiger partial charge in [-0.2, -0.15) is 0 Å². The first kappa shape index (κ1) is 22.6. The van der Waals surface area contributed by atoms with Gasteiger partial charge < -0.3 is 9.47 Å². The first-order valence-corrected chi connectivity index (χ1v) is 10.4. The second-order valence-corrected chi connectivity index (χ2v) is 6.61. The van der Waals surface area contributed by atoms with Crippen LogP contribution in [0.15, 0.2) is 12.2 Å². The third-order valence-electron chi connectivity index (χ3n) is 3.69. The Balaban J connectivity index is 3.66. The number of ether oxygens (including phenoxy) is 2. The Morgan fingerprint density at radius 2 is 1.74 bits per heavy atom. The monoisotopic (exact) mass is 390 g/mol. The maximum absolute atomic E-state index is 11.9. The Bertz CT molecular complexity index is 292. The highest BCUT2D eigenvalue weighted by Crippen LogP contribution is 2.06. The number of alkyl halides is 1. The smallest absolute Gasteiger partial charge is 0.335 e. The molecule has 1 unspecified atom stereocenters. The molecule has 0 bridgehead atoms. The molecule has 0 aliphatic carbocycles. The molecule has 0 aliphatic heterocycles. The van der Waals surface area contributed by atoms with Gasteiger partial charge in [0.15, 0.2) is 6.10 Å². The summed E-state index contributed by atoms with van der Waals surface area (Å²) >= 11 is 3.41. The minimum Gasteiger partial charge on any atom is -0.464 e. The zero-order chi connectivity index (χ0) is 17.2. The molecule has 0 fully saturated rings. The maximum atomic E-state index is 11.9. The van der Waals surface area contributed by atoms with Gasteiger partial charge in [0.25, 0.3) is 0 Å². The molecule has 4 heteroatoms. The molecule has 0 saturated carbocycles. The molecule has 0 amide bonds. The van der Waals surface area contributed by atoms with E-state index in [1.54, 1.807) is 0 Å². The van der Waals surface area contributed by atoms with Crippen molar-refractivity contribution in [3.8, 4) is 0 Å². The maximum Gasteiger partial charge on any atom is 0.335 e. The van der Waals surface area contributed by atoms with Crippen molar-refractivity contribution < 1.29 is 14.3 Å². The van der Waals surface area contributed by atoms with Gasteiger partial charge in [-0.15, -0.1) is 0 Å². The zero-order valence-corrected chi connectivity index (χ0v) is 16.6. The van der Waals surface area contributed by atoms with E-state index in [1.807, 2.05) is 13.0 Å². The first-order valence-electron chi connectivity index (χ1n) is 9.25. The molecule has 0 aromatic carbocycles. The summed E-state index contributed by atoms with van der Waals surface area (Å²) in [6.07, 6.45) is 15.0. The Kier molecular flexibility index (Phi) is 17.7. The third-order valence-corrected chi connectivity index (χ3v) is 4.25. The Morgan fingerprint density at radius 3 is 2.43 bits per heavy atom.